The van der Waals surface area contributed by atoms with E-state index in [1.165, 1.54) is 71.3 Å². The molecule has 0 atom stereocenters. The second kappa shape index (κ2) is 11.3. The molecule has 0 saturated carbocycles. The highest BCUT2D eigenvalue weighted by molar-refractivity contribution is 6.23. The molecule has 234 valence electrons. The fourth-order valence-electron chi connectivity index (χ4n) is 7.87. The molecule has 0 fully saturated rings. The van der Waals surface area contributed by atoms with Crippen molar-refractivity contribution in [2.24, 2.45) is 0 Å². The van der Waals surface area contributed by atoms with Gasteiger partial charge in [0.2, 0.25) is 0 Å². The Morgan fingerprint density at radius 1 is 0.340 bits per heavy atom. The van der Waals surface area contributed by atoms with E-state index in [1.807, 2.05) is 6.07 Å². The van der Waals surface area contributed by atoms with E-state index in [-0.39, 0.29) is 0 Å². The summed E-state index contributed by atoms with van der Waals surface area (Å²) < 4.78 is 6.57. The van der Waals surface area contributed by atoms with Crippen molar-refractivity contribution in [1.29, 1.82) is 0 Å². The highest BCUT2D eigenvalue weighted by Gasteiger charge is 2.20. The van der Waals surface area contributed by atoms with Crippen LogP contribution in [-0.4, -0.2) is 0 Å². The fraction of sp³-hybridized carbons (Fsp3) is 0.0204. The molecule has 0 unspecified atom stereocenters. The maximum absolute atomic E-state index is 6.57. The van der Waals surface area contributed by atoms with Crippen LogP contribution in [0.5, 0.6) is 0 Å². The van der Waals surface area contributed by atoms with Crippen molar-refractivity contribution >= 4 is 54.3 Å². The molecule has 0 radical (unpaired) electrons. The van der Waals surface area contributed by atoms with Gasteiger partial charge in [-0.15, -0.1) is 0 Å². The minimum Gasteiger partial charge on any atom is -0.455 e. The molecule has 9 aromatic carbocycles. The first-order chi connectivity index (χ1) is 24.7. The SMILES string of the molecule is Cc1ccc(-c2cc(-c3c4ccccc4c(-c4ccc(-c5ccc6ccccc6c5)cc4)c4ccccc34)cc3c2oc2ccccc23)cc1. The van der Waals surface area contributed by atoms with Crippen molar-refractivity contribution in [2.75, 3.05) is 0 Å². The number of hydrogen-bond donors (Lipinski definition) is 0. The van der Waals surface area contributed by atoms with Crippen molar-refractivity contribution in [3.63, 3.8) is 0 Å². The molecule has 0 aliphatic heterocycles. The Hall–Kier alpha value is -6.44. The number of rotatable bonds is 4. The lowest BCUT2D eigenvalue weighted by molar-refractivity contribution is 0.670. The minimum absolute atomic E-state index is 0.908. The van der Waals surface area contributed by atoms with E-state index in [2.05, 4.69) is 177 Å². The molecule has 10 aromatic rings. The Balaban J connectivity index is 1.21. The summed E-state index contributed by atoms with van der Waals surface area (Å²) in [6, 6.07) is 64.0. The minimum atomic E-state index is 0.908. The normalized spacial score (nSPS) is 11.7. The van der Waals surface area contributed by atoms with Crippen molar-refractivity contribution in [3.05, 3.63) is 181 Å². The molecule has 1 heteroatoms. The summed E-state index contributed by atoms with van der Waals surface area (Å²) in [6.45, 7) is 2.13. The van der Waals surface area contributed by atoms with Crippen LogP contribution in [0.2, 0.25) is 0 Å². The van der Waals surface area contributed by atoms with Crippen LogP contribution in [0.4, 0.5) is 0 Å². The van der Waals surface area contributed by atoms with Gasteiger partial charge in [-0.1, -0.05) is 157 Å². The second-order valence-corrected chi connectivity index (χ2v) is 13.3. The van der Waals surface area contributed by atoms with Crippen LogP contribution in [0.25, 0.3) is 98.8 Å². The summed E-state index contributed by atoms with van der Waals surface area (Å²) in [6.07, 6.45) is 0. The van der Waals surface area contributed by atoms with Crippen LogP contribution in [0.15, 0.2) is 180 Å². The van der Waals surface area contributed by atoms with Crippen molar-refractivity contribution in [3.8, 4) is 44.5 Å². The van der Waals surface area contributed by atoms with Gasteiger partial charge < -0.3 is 4.42 Å². The Morgan fingerprint density at radius 3 is 1.54 bits per heavy atom. The Morgan fingerprint density at radius 2 is 0.860 bits per heavy atom. The summed E-state index contributed by atoms with van der Waals surface area (Å²) >= 11 is 0. The number of aryl methyl sites for hydroxylation is 1. The lowest BCUT2D eigenvalue weighted by Gasteiger charge is -2.18. The average molecular weight is 637 g/mol. The van der Waals surface area contributed by atoms with Gasteiger partial charge in [0.25, 0.3) is 0 Å². The van der Waals surface area contributed by atoms with Gasteiger partial charge in [0.15, 0.2) is 0 Å². The third-order valence-corrected chi connectivity index (χ3v) is 10.3. The number of furan rings is 1. The number of hydrogen-bond acceptors (Lipinski definition) is 1. The summed E-state index contributed by atoms with van der Waals surface area (Å²) in [5.74, 6) is 0. The first-order valence-corrected chi connectivity index (χ1v) is 17.3. The third-order valence-electron chi connectivity index (χ3n) is 10.3. The largest absolute Gasteiger partial charge is 0.455 e. The van der Waals surface area contributed by atoms with Gasteiger partial charge in [0.1, 0.15) is 11.2 Å². The van der Waals surface area contributed by atoms with E-state index in [1.54, 1.807) is 0 Å². The molecule has 1 aromatic heterocycles. The molecule has 0 amide bonds. The molecule has 10 rings (SSSR count). The van der Waals surface area contributed by atoms with E-state index >= 15 is 0 Å². The Labute approximate surface area is 290 Å². The van der Waals surface area contributed by atoms with Crippen LogP contribution in [-0.2, 0) is 0 Å². The van der Waals surface area contributed by atoms with Crippen LogP contribution in [0.1, 0.15) is 5.56 Å². The van der Waals surface area contributed by atoms with Crippen LogP contribution in [0.3, 0.4) is 0 Å². The van der Waals surface area contributed by atoms with Gasteiger partial charge in [-0.2, -0.15) is 0 Å². The monoisotopic (exact) mass is 636 g/mol. The van der Waals surface area contributed by atoms with Crippen LogP contribution >= 0.6 is 0 Å². The molecule has 1 nitrogen and oxygen atoms in total. The molecular weight excluding hydrogens is 605 g/mol. The highest BCUT2D eigenvalue weighted by atomic mass is 16.3. The van der Waals surface area contributed by atoms with Gasteiger partial charge in [0.05, 0.1) is 0 Å². The number of fused-ring (bicyclic) bond motifs is 6. The zero-order chi connectivity index (χ0) is 33.2. The number of para-hydroxylation sites is 1. The first kappa shape index (κ1) is 28.6. The summed E-state index contributed by atoms with van der Waals surface area (Å²) in [7, 11) is 0. The summed E-state index contributed by atoms with van der Waals surface area (Å²) in [5.41, 5.74) is 12.7. The van der Waals surface area contributed by atoms with E-state index in [9.17, 15) is 0 Å². The van der Waals surface area contributed by atoms with Crippen LogP contribution in [0, 0.1) is 6.92 Å². The molecule has 0 aliphatic carbocycles. The maximum Gasteiger partial charge on any atom is 0.143 e. The van der Waals surface area contributed by atoms with E-state index < -0.39 is 0 Å². The quantitative estimate of drug-likeness (QED) is 0.175. The van der Waals surface area contributed by atoms with Gasteiger partial charge in [-0.25, -0.2) is 0 Å². The molecular formula is C49H32O. The predicted molar refractivity (Wildman–Crippen MR) is 213 cm³/mol. The molecule has 0 spiro atoms. The summed E-state index contributed by atoms with van der Waals surface area (Å²) in [5, 5.41) is 9.75. The zero-order valence-electron chi connectivity index (χ0n) is 27.7. The molecule has 1 heterocycles. The molecule has 0 N–H and O–H groups in total. The molecule has 50 heavy (non-hydrogen) atoms. The molecule has 0 saturated heterocycles. The lowest BCUT2D eigenvalue weighted by atomic mass is 9.84. The van der Waals surface area contributed by atoms with E-state index in [4.69, 9.17) is 4.42 Å². The Kier molecular flexibility index (Phi) is 6.47. The van der Waals surface area contributed by atoms with Crippen LogP contribution < -0.4 is 0 Å². The van der Waals surface area contributed by atoms with Gasteiger partial charge in [-0.05, 0) is 102 Å². The van der Waals surface area contributed by atoms with Gasteiger partial charge >= 0.3 is 0 Å². The van der Waals surface area contributed by atoms with Gasteiger partial charge in [0, 0.05) is 16.3 Å². The van der Waals surface area contributed by atoms with E-state index in [0.717, 1.165) is 33.1 Å². The summed E-state index contributed by atoms with van der Waals surface area (Å²) in [4.78, 5) is 0. The zero-order valence-corrected chi connectivity index (χ0v) is 27.7. The third kappa shape index (κ3) is 4.55. The molecule has 0 aliphatic rings. The van der Waals surface area contributed by atoms with Crippen molar-refractivity contribution in [2.45, 2.75) is 6.92 Å². The predicted octanol–water partition coefficient (Wildman–Crippen LogP) is 14.0. The Bertz CT molecular complexity index is 2850. The average Bonchev–Trinajstić information content (AvgIpc) is 3.55. The standard InChI is InChI=1S/C49H32O/c1-31-18-20-34(21-19-31)44-29-38(30-45-39-12-8-9-17-46(39)50-49(44)45)48-42-15-6-4-13-40(42)47(41-14-5-7-16-43(41)48)35-25-22-33(23-26-35)37-27-24-32-10-2-3-11-36(32)28-37/h2-30H,1H3. The first-order valence-electron chi connectivity index (χ1n) is 17.3. The smallest absolute Gasteiger partial charge is 0.143 e. The fourth-order valence-corrected chi connectivity index (χ4v) is 7.87. The number of benzene rings is 9. The van der Waals surface area contributed by atoms with E-state index in [0.29, 0.717) is 0 Å². The van der Waals surface area contributed by atoms with Gasteiger partial charge in [-0.3, -0.25) is 0 Å². The topological polar surface area (TPSA) is 13.1 Å². The molecule has 0 bridgehead atoms. The second-order valence-electron chi connectivity index (χ2n) is 13.3. The maximum atomic E-state index is 6.57. The highest BCUT2D eigenvalue weighted by Crippen LogP contribution is 2.47. The van der Waals surface area contributed by atoms with Crippen molar-refractivity contribution in [1.82, 2.24) is 0 Å². The lowest BCUT2D eigenvalue weighted by Crippen LogP contribution is -1.92. The van der Waals surface area contributed by atoms with Crippen molar-refractivity contribution < 1.29 is 4.42 Å².